The lowest BCUT2D eigenvalue weighted by molar-refractivity contribution is 0.0946. The number of carbonyl (C=O) groups excluding carboxylic acids is 1. The first-order valence-corrected chi connectivity index (χ1v) is 9.75. The molecule has 0 aliphatic rings. The Morgan fingerprint density at radius 2 is 2.03 bits per heavy atom. The summed E-state index contributed by atoms with van der Waals surface area (Å²) in [6, 6.07) is 10.8. The quantitative estimate of drug-likeness (QED) is 0.502. The zero-order valence-electron chi connectivity index (χ0n) is 17.0. The third kappa shape index (κ3) is 3.73. The molecule has 0 saturated heterocycles. The number of hydrogen-bond donors (Lipinski definition) is 1. The number of pyridine rings is 1. The van der Waals surface area contributed by atoms with Crippen molar-refractivity contribution in [3.8, 4) is 17.2 Å². The van der Waals surface area contributed by atoms with E-state index in [-0.39, 0.29) is 18.4 Å². The van der Waals surface area contributed by atoms with E-state index in [0.717, 1.165) is 0 Å². The zero-order chi connectivity index (χ0) is 21.1. The van der Waals surface area contributed by atoms with E-state index in [4.69, 9.17) is 9.26 Å². The molecule has 0 spiro atoms. The fourth-order valence-electron chi connectivity index (χ4n) is 3.02. The molecule has 4 aromatic rings. The summed E-state index contributed by atoms with van der Waals surface area (Å²) in [5.74, 6) is 2.06. The van der Waals surface area contributed by atoms with Gasteiger partial charge < -0.3 is 14.6 Å². The number of aromatic nitrogens is 5. The molecule has 0 fully saturated rings. The molecule has 4 rings (SSSR count). The van der Waals surface area contributed by atoms with E-state index in [1.165, 1.54) is 0 Å². The van der Waals surface area contributed by atoms with Crippen LogP contribution in [0.15, 0.2) is 47.1 Å². The van der Waals surface area contributed by atoms with Crippen molar-refractivity contribution in [3.05, 3.63) is 59.8 Å². The zero-order valence-corrected chi connectivity index (χ0v) is 17.0. The molecule has 0 atom stereocenters. The summed E-state index contributed by atoms with van der Waals surface area (Å²) < 4.78 is 12.7. The van der Waals surface area contributed by atoms with Crippen LogP contribution in [0.3, 0.4) is 0 Å². The summed E-state index contributed by atoms with van der Waals surface area (Å²) in [6.45, 7) is 6.55. The smallest absolute Gasteiger partial charge is 0.261 e. The first-order chi connectivity index (χ1) is 14.6. The van der Waals surface area contributed by atoms with Gasteiger partial charge in [0.1, 0.15) is 5.75 Å². The topological polar surface area (TPSA) is 107 Å². The second-order valence-corrected chi connectivity index (χ2v) is 6.96. The van der Waals surface area contributed by atoms with Crippen molar-refractivity contribution in [2.45, 2.75) is 33.2 Å². The van der Waals surface area contributed by atoms with Crippen LogP contribution in [0.5, 0.6) is 5.75 Å². The van der Waals surface area contributed by atoms with E-state index in [1.54, 1.807) is 22.6 Å². The minimum atomic E-state index is -0.245. The SMILES string of the molecule is CCOc1ccccc1C(=O)NCc1nnc2c(-c3nc(C(C)C)no3)cccn12. The highest BCUT2D eigenvalue weighted by Gasteiger charge is 2.18. The molecule has 0 aliphatic carbocycles. The normalized spacial score (nSPS) is 11.2. The van der Waals surface area contributed by atoms with Gasteiger partial charge in [-0.2, -0.15) is 4.98 Å². The summed E-state index contributed by atoms with van der Waals surface area (Å²) in [5, 5.41) is 15.4. The number of ether oxygens (including phenoxy) is 1. The molecule has 0 radical (unpaired) electrons. The van der Waals surface area contributed by atoms with Gasteiger partial charge in [-0.25, -0.2) is 0 Å². The van der Waals surface area contributed by atoms with Gasteiger partial charge in [0.05, 0.1) is 24.3 Å². The number of para-hydroxylation sites is 1. The molecule has 0 aliphatic heterocycles. The molecule has 1 amide bonds. The summed E-state index contributed by atoms with van der Waals surface area (Å²) in [6.07, 6.45) is 1.83. The molecule has 154 valence electrons. The van der Waals surface area contributed by atoms with E-state index >= 15 is 0 Å². The van der Waals surface area contributed by atoms with Crippen LogP contribution >= 0.6 is 0 Å². The summed E-state index contributed by atoms with van der Waals surface area (Å²) in [7, 11) is 0. The van der Waals surface area contributed by atoms with Crippen LogP contribution in [-0.4, -0.2) is 37.3 Å². The van der Waals surface area contributed by atoms with Crippen molar-refractivity contribution >= 4 is 11.6 Å². The highest BCUT2D eigenvalue weighted by Crippen LogP contribution is 2.24. The summed E-state index contributed by atoms with van der Waals surface area (Å²) in [4.78, 5) is 17.1. The van der Waals surface area contributed by atoms with Crippen LogP contribution in [0.4, 0.5) is 0 Å². The monoisotopic (exact) mass is 406 g/mol. The molecule has 3 heterocycles. The average Bonchev–Trinajstić information content (AvgIpc) is 3.40. The second kappa shape index (κ2) is 8.32. The Labute approximate surface area is 173 Å². The van der Waals surface area contributed by atoms with Gasteiger partial charge >= 0.3 is 0 Å². The molecule has 1 N–H and O–H groups in total. The Balaban J connectivity index is 1.57. The number of benzene rings is 1. The highest BCUT2D eigenvalue weighted by atomic mass is 16.5. The van der Waals surface area contributed by atoms with Crippen molar-refractivity contribution in [1.82, 2.24) is 30.1 Å². The lowest BCUT2D eigenvalue weighted by atomic mass is 10.2. The van der Waals surface area contributed by atoms with Crippen molar-refractivity contribution in [2.75, 3.05) is 6.61 Å². The van der Waals surface area contributed by atoms with Gasteiger partial charge in [0.2, 0.25) is 0 Å². The summed E-state index contributed by atoms with van der Waals surface area (Å²) in [5.41, 5.74) is 1.74. The fraction of sp³-hybridized carbons (Fsp3) is 0.286. The molecule has 9 nitrogen and oxygen atoms in total. The predicted octanol–water partition coefficient (Wildman–Crippen LogP) is 3.23. The van der Waals surface area contributed by atoms with Gasteiger partial charge in [-0.05, 0) is 31.2 Å². The van der Waals surface area contributed by atoms with E-state index in [1.807, 2.05) is 45.2 Å². The van der Waals surface area contributed by atoms with E-state index < -0.39 is 0 Å². The number of nitrogens with one attached hydrogen (secondary N) is 1. The first kappa shape index (κ1) is 19.6. The number of fused-ring (bicyclic) bond motifs is 1. The third-order valence-corrected chi connectivity index (χ3v) is 4.53. The van der Waals surface area contributed by atoms with Crippen molar-refractivity contribution in [2.24, 2.45) is 0 Å². The van der Waals surface area contributed by atoms with Gasteiger partial charge in [-0.1, -0.05) is 31.1 Å². The number of rotatable bonds is 7. The average molecular weight is 406 g/mol. The number of amides is 1. The Morgan fingerprint density at radius 1 is 1.20 bits per heavy atom. The van der Waals surface area contributed by atoms with Crippen LogP contribution < -0.4 is 10.1 Å². The van der Waals surface area contributed by atoms with Crippen molar-refractivity contribution < 1.29 is 14.1 Å². The van der Waals surface area contributed by atoms with Gasteiger partial charge in [0.15, 0.2) is 17.3 Å². The van der Waals surface area contributed by atoms with E-state index in [9.17, 15) is 4.79 Å². The third-order valence-electron chi connectivity index (χ3n) is 4.53. The molecular weight excluding hydrogens is 384 g/mol. The molecular formula is C21H22N6O3. The molecule has 0 saturated carbocycles. The molecule has 0 bridgehead atoms. The maximum atomic E-state index is 12.6. The van der Waals surface area contributed by atoms with Crippen LogP contribution in [0.25, 0.3) is 17.1 Å². The lowest BCUT2D eigenvalue weighted by Crippen LogP contribution is -2.24. The maximum Gasteiger partial charge on any atom is 0.261 e. The minimum absolute atomic E-state index is 0.158. The minimum Gasteiger partial charge on any atom is -0.493 e. The van der Waals surface area contributed by atoms with Gasteiger partial charge in [-0.3, -0.25) is 9.20 Å². The standard InChI is InChI=1S/C21H22N6O3/c1-4-29-16-10-6-5-8-14(16)20(28)22-12-17-24-25-19-15(9-7-11-27(17)19)21-23-18(13(2)3)26-30-21/h5-11,13H,4,12H2,1-3H3,(H,22,28). The van der Waals surface area contributed by atoms with Crippen molar-refractivity contribution in [3.63, 3.8) is 0 Å². The summed E-state index contributed by atoms with van der Waals surface area (Å²) >= 11 is 0. The molecule has 3 aromatic heterocycles. The number of hydrogen-bond acceptors (Lipinski definition) is 7. The van der Waals surface area contributed by atoms with Crippen LogP contribution in [0.1, 0.15) is 48.7 Å². The van der Waals surface area contributed by atoms with Crippen LogP contribution in [0.2, 0.25) is 0 Å². The molecule has 1 aromatic carbocycles. The van der Waals surface area contributed by atoms with E-state index in [2.05, 4.69) is 25.7 Å². The molecule has 30 heavy (non-hydrogen) atoms. The Kier molecular flexibility index (Phi) is 5.42. The molecule has 9 heteroatoms. The van der Waals surface area contributed by atoms with Gasteiger partial charge in [0.25, 0.3) is 11.8 Å². The largest absolute Gasteiger partial charge is 0.493 e. The molecule has 0 unspecified atom stereocenters. The Morgan fingerprint density at radius 3 is 2.80 bits per heavy atom. The van der Waals surface area contributed by atoms with Gasteiger partial charge in [0, 0.05) is 12.1 Å². The van der Waals surface area contributed by atoms with Crippen LogP contribution in [0, 0.1) is 0 Å². The maximum absolute atomic E-state index is 12.6. The second-order valence-electron chi connectivity index (χ2n) is 6.96. The fourth-order valence-corrected chi connectivity index (χ4v) is 3.02. The van der Waals surface area contributed by atoms with Crippen LogP contribution in [-0.2, 0) is 6.54 Å². The lowest BCUT2D eigenvalue weighted by Gasteiger charge is -2.10. The first-order valence-electron chi connectivity index (χ1n) is 9.75. The Hall–Kier alpha value is -3.75. The highest BCUT2D eigenvalue weighted by molar-refractivity contribution is 5.96. The van der Waals surface area contributed by atoms with Gasteiger partial charge in [-0.15, -0.1) is 10.2 Å². The Bertz CT molecular complexity index is 1180. The van der Waals surface area contributed by atoms with E-state index in [0.29, 0.717) is 46.7 Å². The predicted molar refractivity (Wildman–Crippen MR) is 109 cm³/mol. The number of nitrogens with zero attached hydrogens (tertiary/aromatic N) is 5. The van der Waals surface area contributed by atoms with Crippen molar-refractivity contribution in [1.29, 1.82) is 0 Å². The number of carbonyl (C=O) groups is 1.